The fraction of sp³-hybridized carbons (Fsp3) is 0.625. The number of ether oxygens (including phenoxy) is 9. The van der Waals surface area contributed by atoms with E-state index in [2.05, 4.69) is 0 Å². The molecule has 0 bridgehead atoms. The molecule has 0 saturated carbocycles. The van der Waals surface area contributed by atoms with Gasteiger partial charge in [-0.15, -0.1) is 0 Å². The molecule has 48 heavy (non-hydrogen) atoms. The van der Waals surface area contributed by atoms with Gasteiger partial charge in [0.1, 0.15) is 42.7 Å². The Morgan fingerprint density at radius 3 is 1.50 bits per heavy atom. The smallest absolute Gasteiger partial charge is 0.231 e. The van der Waals surface area contributed by atoms with Gasteiger partial charge >= 0.3 is 0 Å². The van der Waals surface area contributed by atoms with Gasteiger partial charge in [0.15, 0.2) is 29.3 Å². The number of hydrogen-bond acceptors (Lipinski definition) is 16. The normalized spacial score (nSPS) is 39.5. The summed E-state index contributed by atoms with van der Waals surface area (Å²) in [5, 5.41) is 70.7. The zero-order valence-corrected chi connectivity index (χ0v) is 26.5. The van der Waals surface area contributed by atoms with Gasteiger partial charge in [-0.25, -0.2) is 0 Å². The van der Waals surface area contributed by atoms with Gasteiger partial charge in [0.05, 0.1) is 46.2 Å². The minimum Gasteiger partial charge on any atom is -0.493 e. The topological polar surface area (TPSA) is 225 Å². The average Bonchev–Trinajstić information content (AvgIpc) is 3.72. The molecule has 7 N–H and O–H groups in total. The highest BCUT2D eigenvalue weighted by Crippen LogP contribution is 2.52. The molecule has 4 saturated heterocycles. The van der Waals surface area contributed by atoms with Crippen molar-refractivity contribution in [3.63, 3.8) is 0 Å². The van der Waals surface area contributed by atoms with Crippen molar-refractivity contribution in [3.05, 3.63) is 47.5 Å². The monoisotopic (exact) mass is 682 g/mol. The molecule has 0 spiro atoms. The third kappa shape index (κ3) is 6.44. The Morgan fingerprint density at radius 2 is 1.04 bits per heavy atom. The minimum atomic E-state index is -1.58. The van der Waals surface area contributed by atoms with Crippen LogP contribution in [0.3, 0.4) is 0 Å². The first-order chi connectivity index (χ1) is 23.1. The third-order valence-corrected chi connectivity index (χ3v) is 9.39. The summed E-state index contributed by atoms with van der Waals surface area (Å²) in [4.78, 5) is 0. The quantitative estimate of drug-likeness (QED) is 0.155. The van der Waals surface area contributed by atoms with E-state index in [0.717, 1.165) is 11.1 Å². The maximum atomic E-state index is 10.4. The lowest BCUT2D eigenvalue weighted by Gasteiger charge is -2.39. The van der Waals surface area contributed by atoms with E-state index in [1.165, 1.54) is 21.3 Å². The second kappa shape index (κ2) is 14.6. The molecule has 0 radical (unpaired) electrons. The molecule has 0 unspecified atom stereocenters. The molecular formula is C32H42O16. The van der Waals surface area contributed by atoms with Crippen molar-refractivity contribution in [2.24, 2.45) is 11.8 Å². The van der Waals surface area contributed by atoms with Crippen molar-refractivity contribution < 1.29 is 78.4 Å². The highest BCUT2D eigenvalue weighted by atomic mass is 16.8. The van der Waals surface area contributed by atoms with E-state index in [-0.39, 0.29) is 35.5 Å². The maximum absolute atomic E-state index is 10.4. The molecule has 16 nitrogen and oxygen atoms in total. The molecule has 0 aliphatic carbocycles. The van der Waals surface area contributed by atoms with Crippen LogP contribution in [0, 0.1) is 11.8 Å². The summed E-state index contributed by atoms with van der Waals surface area (Å²) >= 11 is 0. The van der Waals surface area contributed by atoms with E-state index in [4.69, 9.17) is 42.6 Å². The van der Waals surface area contributed by atoms with Crippen LogP contribution in [0.15, 0.2) is 36.4 Å². The lowest BCUT2D eigenvalue weighted by atomic mass is 9.85. The van der Waals surface area contributed by atoms with Gasteiger partial charge in [0.25, 0.3) is 0 Å². The Bertz CT molecular complexity index is 1290. The fourth-order valence-corrected chi connectivity index (χ4v) is 6.68. The Hall–Kier alpha value is -2.84. The van der Waals surface area contributed by atoms with Crippen molar-refractivity contribution in [2.45, 2.75) is 73.8 Å². The summed E-state index contributed by atoms with van der Waals surface area (Å²) in [5.41, 5.74) is 1.62. The van der Waals surface area contributed by atoms with Crippen molar-refractivity contribution in [1.82, 2.24) is 0 Å². The zero-order valence-electron chi connectivity index (χ0n) is 26.5. The summed E-state index contributed by atoms with van der Waals surface area (Å²) < 4.78 is 51.3. The maximum Gasteiger partial charge on any atom is 0.231 e. The summed E-state index contributed by atoms with van der Waals surface area (Å²) in [6, 6.07) is 10.4. The van der Waals surface area contributed by atoms with Gasteiger partial charge < -0.3 is 78.4 Å². The number of fused-ring (bicyclic) bond motifs is 1. The first kappa shape index (κ1) is 35.0. The van der Waals surface area contributed by atoms with Crippen molar-refractivity contribution in [1.29, 1.82) is 0 Å². The molecule has 4 heterocycles. The first-order valence-electron chi connectivity index (χ1n) is 15.6. The number of aliphatic hydroxyl groups excluding tert-OH is 7. The van der Waals surface area contributed by atoms with Gasteiger partial charge in [0, 0.05) is 18.9 Å². The molecule has 4 fully saturated rings. The third-order valence-electron chi connectivity index (χ3n) is 9.39. The number of aliphatic hydroxyl groups is 7. The average molecular weight is 683 g/mol. The van der Waals surface area contributed by atoms with Gasteiger partial charge in [-0.1, -0.05) is 12.1 Å². The van der Waals surface area contributed by atoms with E-state index in [1.807, 2.05) is 0 Å². The molecule has 2 aromatic carbocycles. The second-order valence-electron chi connectivity index (χ2n) is 12.2. The largest absolute Gasteiger partial charge is 0.493 e. The summed E-state index contributed by atoms with van der Waals surface area (Å²) in [6.45, 7) is 0.237. The zero-order chi connectivity index (χ0) is 34.3. The Labute approximate surface area is 275 Å². The molecule has 0 amide bonds. The molecular weight excluding hydrogens is 640 g/mol. The Balaban J connectivity index is 1.14. The summed E-state index contributed by atoms with van der Waals surface area (Å²) in [5.74, 6) is 1.08. The number of benzene rings is 2. The van der Waals surface area contributed by atoms with Crippen molar-refractivity contribution in [3.8, 4) is 23.0 Å². The number of rotatable bonds is 10. The molecule has 16 heteroatoms. The van der Waals surface area contributed by atoms with Crippen LogP contribution in [0.25, 0.3) is 0 Å². The number of methoxy groups -OCH3 is 3. The van der Waals surface area contributed by atoms with Crippen LogP contribution in [-0.4, -0.2) is 138 Å². The van der Waals surface area contributed by atoms with Gasteiger partial charge in [-0.3, -0.25) is 0 Å². The van der Waals surface area contributed by atoms with E-state index < -0.39 is 68.2 Å². The Kier molecular flexibility index (Phi) is 10.6. The predicted octanol–water partition coefficient (Wildman–Crippen LogP) is -1.25. The van der Waals surface area contributed by atoms with Crippen LogP contribution >= 0.6 is 0 Å². The van der Waals surface area contributed by atoms with Crippen LogP contribution in [0.2, 0.25) is 0 Å². The van der Waals surface area contributed by atoms with Crippen LogP contribution in [0.5, 0.6) is 23.0 Å². The fourth-order valence-electron chi connectivity index (χ4n) is 6.68. The highest BCUT2D eigenvalue weighted by molar-refractivity contribution is 5.46. The van der Waals surface area contributed by atoms with Crippen molar-refractivity contribution >= 4 is 0 Å². The second-order valence-corrected chi connectivity index (χ2v) is 12.2. The predicted molar refractivity (Wildman–Crippen MR) is 159 cm³/mol. The van der Waals surface area contributed by atoms with Gasteiger partial charge in [-0.05, 0) is 35.4 Å². The first-order valence-corrected chi connectivity index (χ1v) is 15.6. The van der Waals surface area contributed by atoms with Crippen LogP contribution in [0.4, 0.5) is 0 Å². The minimum absolute atomic E-state index is 0.00916. The summed E-state index contributed by atoms with van der Waals surface area (Å²) in [7, 11) is 4.21. The highest BCUT2D eigenvalue weighted by Gasteiger charge is 2.49. The van der Waals surface area contributed by atoms with Crippen LogP contribution < -0.4 is 18.9 Å². The molecule has 266 valence electrons. The standard InChI is InChI=1S/C32H42O16/c1-40-19-8-13(4-6-17(19)45-31-26(38)23(35)22(34)21(10-33)47-31)28-15-11-44-29(16(15)12-43-28)14-5-7-18(20(9-14)41-2)46-32-27(39)24(36)25(37)30(42-3)48-32/h4-9,15-16,21-39H,10-12H2,1-3H3/t15-,16-,21+,22+,23-,24-,25-,26+,27+,28+,29+,30-,31+,32+/m0/s1. The van der Waals surface area contributed by atoms with E-state index in [1.54, 1.807) is 36.4 Å². The van der Waals surface area contributed by atoms with Gasteiger partial charge in [-0.2, -0.15) is 0 Å². The SMILES string of the molecule is COc1cc([C@H]2OC[C@H]3[C@@H]2CO[C@@H]3c2ccc(O[C@@H]3O[C@H](OC)[C@@H](O)[C@H](O)[C@H]3O)c(OC)c2)ccc1O[C@@H]1O[C@H](CO)[C@@H](O)[C@H](O)[C@H]1O. The van der Waals surface area contributed by atoms with Crippen molar-refractivity contribution in [2.75, 3.05) is 41.2 Å². The van der Waals surface area contributed by atoms with Crippen LogP contribution in [-0.2, 0) is 23.7 Å². The number of hydrogen-bond donors (Lipinski definition) is 7. The molecule has 6 rings (SSSR count). The lowest BCUT2D eigenvalue weighted by Crippen LogP contribution is -2.60. The Morgan fingerprint density at radius 1 is 0.583 bits per heavy atom. The lowest BCUT2D eigenvalue weighted by molar-refractivity contribution is -0.327. The van der Waals surface area contributed by atoms with Gasteiger partial charge in [0.2, 0.25) is 12.6 Å². The molecule has 0 aromatic heterocycles. The summed E-state index contributed by atoms with van der Waals surface area (Å²) in [6.07, 6.45) is -14.9. The molecule has 4 aliphatic rings. The molecule has 2 aromatic rings. The molecule has 14 atom stereocenters. The van der Waals surface area contributed by atoms with E-state index in [0.29, 0.717) is 24.7 Å². The van der Waals surface area contributed by atoms with Crippen LogP contribution in [0.1, 0.15) is 23.3 Å². The van der Waals surface area contributed by atoms with E-state index in [9.17, 15) is 35.7 Å². The molecule has 4 aliphatic heterocycles. The van der Waals surface area contributed by atoms with E-state index >= 15 is 0 Å².